The Morgan fingerprint density at radius 1 is 1.17 bits per heavy atom. The molecule has 0 aliphatic rings. The number of amides is 1. The van der Waals surface area contributed by atoms with Gasteiger partial charge in [-0.3, -0.25) is 4.79 Å². The van der Waals surface area contributed by atoms with Crippen molar-refractivity contribution in [1.82, 2.24) is 9.97 Å². The zero-order valence-corrected chi connectivity index (χ0v) is 6.27. The summed E-state index contributed by atoms with van der Waals surface area (Å²) in [5.41, 5.74) is 20.3. The Kier molecular flexibility index (Phi) is 3.91. The van der Waals surface area contributed by atoms with Gasteiger partial charge >= 0.3 is 0 Å². The SMILES string of the molecule is NC=O.Nc1ncnc(N)c1N. The van der Waals surface area contributed by atoms with Crippen molar-refractivity contribution in [3.8, 4) is 0 Å². The van der Waals surface area contributed by atoms with Crippen LogP contribution in [0, 0.1) is 0 Å². The third kappa shape index (κ3) is 2.69. The first-order valence-corrected chi connectivity index (χ1v) is 2.90. The van der Waals surface area contributed by atoms with E-state index in [2.05, 4.69) is 15.7 Å². The van der Waals surface area contributed by atoms with Gasteiger partial charge in [0.2, 0.25) is 6.41 Å². The van der Waals surface area contributed by atoms with Crippen molar-refractivity contribution in [3.63, 3.8) is 0 Å². The fourth-order valence-corrected chi connectivity index (χ4v) is 0.424. The van der Waals surface area contributed by atoms with Gasteiger partial charge in [-0.2, -0.15) is 0 Å². The highest BCUT2D eigenvalue weighted by Crippen LogP contribution is 2.14. The molecule has 1 heterocycles. The average Bonchev–Trinajstić information content (AvgIpc) is 2.02. The second-order valence-electron chi connectivity index (χ2n) is 1.69. The molecule has 1 aromatic heterocycles. The van der Waals surface area contributed by atoms with E-state index in [0.717, 1.165) is 0 Å². The fourth-order valence-electron chi connectivity index (χ4n) is 0.424. The number of aromatic nitrogens is 2. The van der Waals surface area contributed by atoms with E-state index < -0.39 is 0 Å². The number of nitrogen functional groups attached to an aromatic ring is 3. The number of carbonyl (C=O) groups is 1. The lowest BCUT2D eigenvalue weighted by Crippen LogP contribution is -2.03. The van der Waals surface area contributed by atoms with Gasteiger partial charge in [0.1, 0.15) is 12.0 Å². The zero-order chi connectivity index (χ0) is 9.56. The van der Waals surface area contributed by atoms with E-state index in [-0.39, 0.29) is 23.7 Å². The van der Waals surface area contributed by atoms with E-state index >= 15 is 0 Å². The Bertz CT molecular complexity index is 242. The number of hydrogen-bond acceptors (Lipinski definition) is 6. The molecule has 0 radical (unpaired) electrons. The maximum Gasteiger partial charge on any atom is 0.204 e. The second-order valence-corrected chi connectivity index (χ2v) is 1.69. The van der Waals surface area contributed by atoms with Crippen LogP contribution in [0.1, 0.15) is 0 Å². The van der Waals surface area contributed by atoms with Gasteiger partial charge in [-0.15, -0.1) is 0 Å². The zero-order valence-electron chi connectivity index (χ0n) is 6.27. The van der Waals surface area contributed by atoms with Gasteiger partial charge in [-0.25, -0.2) is 9.97 Å². The first-order chi connectivity index (χ1) is 5.63. The lowest BCUT2D eigenvalue weighted by Gasteiger charge is -1.98. The van der Waals surface area contributed by atoms with E-state index in [0.29, 0.717) is 0 Å². The lowest BCUT2D eigenvalue weighted by molar-refractivity contribution is -0.106. The minimum Gasteiger partial charge on any atom is -0.393 e. The topological polar surface area (TPSA) is 147 Å². The number of rotatable bonds is 0. The molecule has 0 aliphatic heterocycles. The molecule has 7 heteroatoms. The molecule has 12 heavy (non-hydrogen) atoms. The predicted octanol–water partition coefficient (Wildman–Crippen LogP) is -1.68. The smallest absolute Gasteiger partial charge is 0.204 e. The molecule has 66 valence electrons. The standard InChI is InChI=1S/C4H7N5.CH3NO/c5-2-3(6)8-1-9-4(2)7;2-1-3/h1H,5H2,(H4,6,7,8,9);1H,(H2,2,3). The molecule has 1 amide bonds. The molecule has 0 atom stereocenters. The van der Waals surface area contributed by atoms with Crippen LogP contribution in [0.3, 0.4) is 0 Å². The highest BCUT2D eigenvalue weighted by Gasteiger charge is 1.97. The Labute approximate surface area is 68.8 Å². The monoisotopic (exact) mass is 170 g/mol. The third-order valence-electron chi connectivity index (χ3n) is 0.946. The number of nitrogens with two attached hydrogens (primary N) is 4. The number of anilines is 3. The van der Waals surface area contributed by atoms with E-state index in [1.165, 1.54) is 6.33 Å². The van der Waals surface area contributed by atoms with Crippen molar-refractivity contribution in [2.75, 3.05) is 17.2 Å². The highest BCUT2D eigenvalue weighted by molar-refractivity contribution is 5.69. The lowest BCUT2D eigenvalue weighted by atomic mass is 10.4. The van der Waals surface area contributed by atoms with Gasteiger partial charge in [-0.05, 0) is 0 Å². The van der Waals surface area contributed by atoms with Crippen LogP contribution in [-0.4, -0.2) is 16.4 Å². The molecule has 7 nitrogen and oxygen atoms in total. The Morgan fingerprint density at radius 3 is 1.75 bits per heavy atom. The van der Waals surface area contributed by atoms with Crippen LogP contribution < -0.4 is 22.9 Å². The summed E-state index contributed by atoms with van der Waals surface area (Å²) < 4.78 is 0. The molecule has 0 bridgehead atoms. The molecule has 8 N–H and O–H groups in total. The number of hydrogen-bond donors (Lipinski definition) is 4. The number of nitrogens with zero attached hydrogens (tertiary/aromatic N) is 2. The summed E-state index contributed by atoms with van der Waals surface area (Å²) in [4.78, 5) is 15.8. The van der Waals surface area contributed by atoms with E-state index in [1.54, 1.807) is 0 Å². The van der Waals surface area contributed by atoms with E-state index in [4.69, 9.17) is 22.0 Å². The number of carbonyl (C=O) groups excluding carboxylic acids is 1. The fraction of sp³-hybridized carbons (Fsp3) is 0. The van der Waals surface area contributed by atoms with Gasteiger partial charge in [0.25, 0.3) is 0 Å². The van der Waals surface area contributed by atoms with Crippen molar-refractivity contribution in [3.05, 3.63) is 6.33 Å². The van der Waals surface area contributed by atoms with Crippen LogP contribution in [0.15, 0.2) is 6.33 Å². The van der Waals surface area contributed by atoms with Gasteiger partial charge in [0, 0.05) is 0 Å². The Morgan fingerprint density at radius 2 is 1.50 bits per heavy atom. The van der Waals surface area contributed by atoms with Crippen LogP contribution in [0.5, 0.6) is 0 Å². The summed E-state index contributed by atoms with van der Waals surface area (Å²) in [6.45, 7) is 0. The van der Waals surface area contributed by atoms with E-state index in [1.807, 2.05) is 0 Å². The van der Waals surface area contributed by atoms with Gasteiger partial charge < -0.3 is 22.9 Å². The van der Waals surface area contributed by atoms with Crippen molar-refractivity contribution in [2.45, 2.75) is 0 Å². The largest absolute Gasteiger partial charge is 0.393 e. The molecule has 1 aromatic rings. The molecule has 0 aromatic carbocycles. The predicted molar refractivity (Wildman–Crippen MR) is 45.5 cm³/mol. The third-order valence-corrected chi connectivity index (χ3v) is 0.946. The van der Waals surface area contributed by atoms with Crippen LogP contribution in [0.4, 0.5) is 17.3 Å². The van der Waals surface area contributed by atoms with Gasteiger partial charge in [-0.1, -0.05) is 0 Å². The molecule has 0 spiro atoms. The average molecular weight is 170 g/mol. The van der Waals surface area contributed by atoms with Crippen LogP contribution in [0.25, 0.3) is 0 Å². The molecular formula is C5H10N6O. The Hall–Kier alpha value is -2.05. The minimum absolute atomic E-state index is 0.225. The molecule has 0 aliphatic carbocycles. The van der Waals surface area contributed by atoms with Crippen LogP contribution >= 0.6 is 0 Å². The van der Waals surface area contributed by atoms with Crippen molar-refractivity contribution in [1.29, 1.82) is 0 Å². The van der Waals surface area contributed by atoms with Gasteiger partial charge in [0.15, 0.2) is 11.6 Å². The van der Waals surface area contributed by atoms with Crippen LogP contribution in [0.2, 0.25) is 0 Å². The first kappa shape index (κ1) is 9.95. The maximum absolute atomic E-state index is 8.58. The van der Waals surface area contributed by atoms with Crippen LogP contribution in [-0.2, 0) is 4.79 Å². The normalized spacial score (nSPS) is 8.00. The quantitative estimate of drug-likeness (QED) is 0.342. The number of primary amides is 1. The Balaban J connectivity index is 0.000000354. The summed E-state index contributed by atoms with van der Waals surface area (Å²) in [5.74, 6) is 0.449. The molecule has 0 saturated carbocycles. The summed E-state index contributed by atoms with van der Waals surface area (Å²) in [6.07, 6.45) is 1.51. The summed E-state index contributed by atoms with van der Waals surface area (Å²) >= 11 is 0. The molecule has 1 rings (SSSR count). The molecule has 0 unspecified atom stereocenters. The van der Waals surface area contributed by atoms with Crippen molar-refractivity contribution >= 4 is 23.7 Å². The summed E-state index contributed by atoms with van der Waals surface area (Å²) in [7, 11) is 0. The van der Waals surface area contributed by atoms with Crippen molar-refractivity contribution in [2.24, 2.45) is 5.73 Å². The maximum atomic E-state index is 8.58. The van der Waals surface area contributed by atoms with Crippen molar-refractivity contribution < 1.29 is 4.79 Å². The molecule has 0 fully saturated rings. The first-order valence-electron chi connectivity index (χ1n) is 2.90. The molecular weight excluding hydrogens is 160 g/mol. The summed E-state index contributed by atoms with van der Waals surface area (Å²) in [6, 6.07) is 0. The minimum atomic E-state index is 0.225. The molecule has 0 saturated heterocycles. The van der Waals surface area contributed by atoms with Gasteiger partial charge in [0.05, 0.1) is 0 Å². The van der Waals surface area contributed by atoms with E-state index in [9.17, 15) is 0 Å². The summed E-state index contributed by atoms with van der Waals surface area (Å²) in [5, 5.41) is 0. The second kappa shape index (κ2) is 4.72. The highest BCUT2D eigenvalue weighted by atomic mass is 16.1.